The third-order valence-electron chi connectivity index (χ3n) is 2.68. The first-order valence-corrected chi connectivity index (χ1v) is 5.50. The maximum Gasteiger partial charge on any atom is 0.244 e. The van der Waals surface area contributed by atoms with Gasteiger partial charge >= 0.3 is 0 Å². The molecule has 1 atom stereocenters. The fourth-order valence-corrected chi connectivity index (χ4v) is 1.51. The van der Waals surface area contributed by atoms with Crippen molar-refractivity contribution in [3.05, 3.63) is 30.2 Å². The maximum absolute atomic E-state index is 11.4. The van der Waals surface area contributed by atoms with Gasteiger partial charge in [-0.25, -0.2) is 0 Å². The van der Waals surface area contributed by atoms with Gasteiger partial charge in [-0.2, -0.15) is 0 Å². The molecule has 2 rings (SSSR count). The molecule has 1 saturated carbocycles. The molecule has 3 N–H and O–H groups in total. The lowest BCUT2D eigenvalue weighted by atomic mass is 10.2. The number of carbonyl (C=O) groups excluding carboxylic acids is 1. The molecule has 0 bridgehead atoms. The SMILES string of the molecule is NC(CNC(=O)/C=C/c1ccco1)C1CC1. The Hall–Kier alpha value is -1.55. The van der Waals surface area contributed by atoms with Gasteiger partial charge in [0.15, 0.2) is 0 Å². The van der Waals surface area contributed by atoms with Crippen LogP contribution in [0.15, 0.2) is 28.9 Å². The van der Waals surface area contributed by atoms with Crippen LogP contribution in [0.3, 0.4) is 0 Å². The van der Waals surface area contributed by atoms with Gasteiger partial charge in [0.05, 0.1) is 6.26 Å². The summed E-state index contributed by atoms with van der Waals surface area (Å²) in [5.41, 5.74) is 5.86. The van der Waals surface area contributed by atoms with Gasteiger partial charge in [-0.1, -0.05) is 0 Å². The van der Waals surface area contributed by atoms with Crippen LogP contribution in [0.2, 0.25) is 0 Å². The van der Waals surface area contributed by atoms with E-state index in [2.05, 4.69) is 5.32 Å². The average Bonchev–Trinajstić information content (AvgIpc) is 3.01. The second kappa shape index (κ2) is 4.99. The molecule has 0 aromatic carbocycles. The van der Waals surface area contributed by atoms with Gasteiger partial charge < -0.3 is 15.5 Å². The molecule has 1 heterocycles. The minimum absolute atomic E-state index is 0.0981. The van der Waals surface area contributed by atoms with Crippen molar-refractivity contribution in [1.29, 1.82) is 0 Å². The van der Waals surface area contributed by atoms with Crippen molar-refractivity contribution in [1.82, 2.24) is 5.32 Å². The van der Waals surface area contributed by atoms with Gasteiger partial charge in [0.25, 0.3) is 0 Å². The van der Waals surface area contributed by atoms with Crippen LogP contribution in [0.25, 0.3) is 6.08 Å². The normalized spacial score (nSPS) is 17.6. The lowest BCUT2D eigenvalue weighted by molar-refractivity contribution is -0.116. The Morgan fingerprint density at radius 3 is 3.12 bits per heavy atom. The van der Waals surface area contributed by atoms with Crippen molar-refractivity contribution in [2.75, 3.05) is 6.54 Å². The summed E-state index contributed by atoms with van der Waals surface area (Å²) in [6.07, 6.45) is 7.05. The minimum Gasteiger partial charge on any atom is -0.465 e. The number of nitrogens with two attached hydrogens (primary N) is 1. The summed E-state index contributed by atoms with van der Waals surface area (Å²) in [6.45, 7) is 0.548. The van der Waals surface area contributed by atoms with E-state index in [0.717, 1.165) is 0 Å². The number of furan rings is 1. The zero-order valence-electron chi connectivity index (χ0n) is 9.06. The van der Waals surface area contributed by atoms with Crippen LogP contribution >= 0.6 is 0 Å². The predicted octanol–water partition coefficient (Wildman–Crippen LogP) is 1.15. The van der Waals surface area contributed by atoms with E-state index in [1.165, 1.54) is 18.9 Å². The first kappa shape index (κ1) is 11.0. The molecule has 1 amide bonds. The fraction of sp³-hybridized carbons (Fsp3) is 0.417. The molecular weight excluding hydrogens is 204 g/mol. The zero-order chi connectivity index (χ0) is 11.4. The predicted molar refractivity (Wildman–Crippen MR) is 61.5 cm³/mol. The Labute approximate surface area is 94.5 Å². The number of rotatable bonds is 5. The Kier molecular flexibility index (Phi) is 3.41. The number of amides is 1. The van der Waals surface area contributed by atoms with Crippen LogP contribution in [0.1, 0.15) is 18.6 Å². The average molecular weight is 220 g/mol. The fourth-order valence-electron chi connectivity index (χ4n) is 1.51. The van der Waals surface area contributed by atoms with Crippen molar-refractivity contribution in [2.45, 2.75) is 18.9 Å². The van der Waals surface area contributed by atoms with Crippen molar-refractivity contribution in [3.8, 4) is 0 Å². The summed E-state index contributed by atoms with van der Waals surface area (Å²) >= 11 is 0. The van der Waals surface area contributed by atoms with Gasteiger partial charge in [0.1, 0.15) is 5.76 Å². The van der Waals surface area contributed by atoms with E-state index in [-0.39, 0.29) is 11.9 Å². The van der Waals surface area contributed by atoms with Crippen LogP contribution < -0.4 is 11.1 Å². The molecule has 0 aliphatic heterocycles. The molecule has 1 aromatic heterocycles. The summed E-state index contributed by atoms with van der Waals surface area (Å²) < 4.78 is 5.07. The van der Waals surface area contributed by atoms with Gasteiger partial charge in [0, 0.05) is 18.7 Å². The highest BCUT2D eigenvalue weighted by atomic mass is 16.3. The lowest BCUT2D eigenvalue weighted by Crippen LogP contribution is -2.37. The van der Waals surface area contributed by atoms with E-state index < -0.39 is 0 Å². The highest BCUT2D eigenvalue weighted by Gasteiger charge is 2.28. The summed E-state index contributed by atoms with van der Waals surface area (Å²) in [5, 5.41) is 2.77. The van der Waals surface area contributed by atoms with Gasteiger partial charge in [0.2, 0.25) is 5.91 Å². The van der Waals surface area contributed by atoms with E-state index in [9.17, 15) is 4.79 Å². The second-order valence-corrected chi connectivity index (χ2v) is 4.10. The van der Waals surface area contributed by atoms with E-state index in [1.807, 2.05) is 0 Å². The van der Waals surface area contributed by atoms with Crippen LogP contribution in [0.5, 0.6) is 0 Å². The first-order valence-electron chi connectivity index (χ1n) is 5.50. The van der Waals surface area contributed by atoms with Gasteiger partial charge in [-0.15, -0.1) is 0 Å². The third-order valence-corrected chi connectivity index (χ3v) is 2.68. The van der Waals surface area contributed by atoms with Crippen molar-refractivity contribution in [2.24, 2.45) is 11.7 Å². The second-order valence-electron chi connectivity index (χ2n) is 4.10. The number of hydrogen-bond acceptors (Lipinski definition) is 3. The Balaban J connectivity index is 1.71. The third kappa shape index (κ3) is 3.24. The van der Waals surface area contributed by atoms with E-state index in [0.29, 0.717) is 18.2 Å². The quantitative estimate of drug-likeness (QED) is 0.731. The van der Waals surface area contributed by atoms with E-state index in [1.54, 1.807) is 24.5 Å². The first-order chi connectivity index (χ1) is 7.75. The molecule has 0 spiro atoms. The molecule has 86 valence electrons. The molecule has 0 saturated heterocycles. The smallest absolute Gasteiger partial charge is 0.244 e. The Morgan fingerprint density at radius 2 is 2.50 bits per heavy atom. The lowest BCUT2D eigenvalue weighted by Gasteiger charge is -2.09. The number of hydrogen-bond donors (Lipinski definition) is 2. The minimum atomic E-state index is -0.132. The molecule has 4 nitrogen and oxygen atoms in total. The molecular formula is C12H16N2O2. The molecule has 1 aliphatic rings. The summed E-state index contributed by atoms with van der Waals surface area (Å²) in [6, 6.07) is 3.67. The molecule has 4 heteroatoms. The summed E-state index contributed by atoms with van der Waals surface area (Å²) in [5.74, 6) is 1.14. The van der Waals surface area contributed by atoms with Crippen LogP contribution in [-0.4, -0.2) is 18.5 Å². The topological polar surface area (TPSA) is 68.3 Å². The molecule has 1 unspecified atom stereocenters. The van der Waals surface area contributed by atoms with Crippen molar-refractivity contribution in [3.63, 3.8) is 0 Å². The summed E-state index contributed by atoms with van der Waals surface area (Å²) in [7, 11) is 0. The maximum atomic E-state index is 11.4. The molecule has 16 heavy (non-hydrogen) atoms. The van der Waals surface area contributed by atoms with Gasteiger partial charge in [-0.3, -0.25) is 4.79 Å². The van der Waals surface area contributed by atoms with E-state index in [4.69, 9.17) is 10.2 Å². The van der Waals surface area contributed by atoms with E-state index >= 15 is 0 Å². The van der Waals surface area contributed by atoms with Gasteiger partial charge in [-0.05, 0) is 37.0 Å². The largest absolute Gasteiger partial charge is 0.465 e. The molecule has 0 radical (unpaired) electrons. The van der Waals surface area contributed by atoms with Crippen molar-refractivity contribution >= 4 is 12.0 Å². The Morgan fingerprint density at radius 1 is 1.69 bits per heavy atom. The number of nitrogens with one attached hydrogen (secondary N) is 1. The van der Waals surface area contributed by atoms with Crippen LogP contribution in [-0.2, 0) is 4.79 Å². The Bertz CT molecular complexity index is 366. The molecule has 1 fully saturated rings. The molecule has 1 aromatic rings. The van der Waals surface area contributed by atoms with Crippen molar-refractivity contribution < 1.29 is 9.21 Å². The highest BCUT2D eigenvalue weighted by molar-refractivity contribution is 5.91. The number of carbonyl (C=O) groups is 1. The standard InChI is InChI=1S/C12H16N2O2/c13-11(9-3-4-9)8-14-12(15)6-5-10-2-1-7-16-10/h1-2,5-7,9,11H,3-4,8,13H2,(H,14,15)/b6-5+. The van der Waals surface area contributed by atoms with Crippen LogP contribution in [0, 0.1) is 5.92 Å². The zero-order valence-corrected chi connectivity index (χ0v) is 9.06. The monoisotopic (exact) mass is 220 g/mol. The van der Waals surface area contributed by atoms with Crippen LogP contribution in [0.4, 0.5) is 0 Å². The highest BCUT2D eigenvalue weighted by Crippen LogP contribution is 2.31. The molecule has 1 aliphatic carbocycles. The summed E-state index contributed by atoms with van der Waals surface area (Å²) in [4.78, 5) is 11.4.